The summed E-state index contributed by atoms with van der Waals surface area (Å²) < 4.78 is 51.2. The van der Waals surface area contributed by atoms with Crippen LogP contribution in [0.1, 0.15) is 16.1 Å². The van der Waals surface area contributed by atoms with Gasteiger partial charge in [-0.1, -0.05) is 0 Å². The van der Waals surface area contributed by atoms with Crippen molar-refractivity contribution in [2.24, 2.45) is 0 Å². The maximum Gasteiger partial charge on any atom is 0.292 e. The number of anilines is 1. The van der Waals surface area contributed by atoms with Gasteiger partial charge in [-0.05, 0) is 42.5 Å². The number of carbonyl (C=O) groups is 1. The SMILES string of the molecule is O=C(Nc1n[nH]c2ccc(OCc3c(F)ccc(F)c3F)cc12)c1ccco1. The Labute approximate surface area is 155 Å². The number of halogens is 3. The van der Waals surface area contributed by atoms with Gasteiger partial charge in [-0.15, -0.1) is 0 Å². The molecule has 0 fully saturated rings. The molecule has 0 atom stereocenters. The Morgan fingerprint density at radius 1 is 1.14 bits per heavy atom. The minimum atomic E-state index is -1.30. The number of H-pyrrole nitrogens is 1. The van der Waals surface area contributed by atoms with Gasteiger partial charge in [0.25, 0.3) is 5.91 Å². The molecule has 0 bridgehead atoms. The number of carbonyl (C=O) groups excluding carboxylic acids is 1. The van der Waals surface area contributed by atoms with Crippen LogP contribution >= 0.6 is 0 Å². The van der Waals surface area contributed by atoms with Crippen molar-refractivity contribution >= 4 is 22.6 Å². The number of furan rings is 1. The molecule has 2 aromatic heterocycles. The van der Waals surface area contributed by atoms with E-state index in [2.05, 4.69) is 15.5 Å². The second-order valence-corrected chi connectivity index (χ2v) is 5.82. The number of hydrogen-bond acceptors (Lipinski definition) is 4. The fraction of sp³-hybridized carbons (Fsp3) is 0.0526. The van der Waals surface area contributed by atoms with Crippen LogP contribution in [-0.2, 0) is 6.61 Å². The lowest BCUT2D eigenvalue weighted by molar-refractivity contribution is 0.0996. The zero-order chi connectivity index (χ0) is 19.7. The molecule has 9 heteroatoms. The summed E-state index contributed by atoms with van der Waals surface area (Å²) in [7, 11) is 0. The molecule has 0 radical (unpaired) electrons. The lowest BCUT2D eigenvalue weighted by atomic mass is 10.2. The summed E-state index contributed by atoms with van der Waals surface area (Å²) in [5.74, 6) is -3.26. The minimum Gasteiger partial charge on any atom is -0.489 e. The van der Waals surface area contributed by atoms with Crippen LogP contribution in [0.15, 0.2) is 53.1 Å². The van der Waals surface area contributed by atoms with Gasteiger partial charge in [0.15, 0.2) is 23.2 Å². The first-order valence-electron chi connectivity index (χ1n) is 8.11. The van der Waals surface area contributed by atoms with Crippen LogP contribution < -0.4 is 10.1 Å². The van der Waals surface area contributed by atoms with Gasteiger partial charge in [-0.3, -0.25) is 9.89 Å². The van der Waals surface area contributed by atoms with E-state index in [4.69, 9.17) is 9.15 Å². The molecule has 28 heavy (non-hydrogen) atoms. The van der Waals surface area contributed by atoms with E-state index in [9.17, 15) is 18.0 Å². The van der Waals surface area contributed by atoms with Crippen LogP contribution in [0.3, 0.4) is 0 Å². The number of rotatable bonds is 5. The zero-order valence-electron chi connectivity index (χ0n) is 14.1. The highest BCUT2D eigenvalue weighted by Gasteiger charge is 2.16. The van der Waals surface area contributed by atoms with Gasteiger partial charge >= 0.3 is 0 Å². The summed E-state index contributed by atoms with van der Waals surface area (Å²) >= 11 is 0. The number of ether oxygens (including phenoxy) is 1. The molecule has 4 rings (SSSR count). The van der Waals surface area contributed by atoms with E-state index in [1.165, 1.54) is 18.4 Å². The highest BCUT2D eigenvalue weighted by molar-refractivity contribution is 6.06. The molecular formula is C19H12F3N3O3. The third kappa shape index (κ3) is 3.29. The highest BCUT2D eigenvalue weighted by atomic mass is 19.2. The van der Waals surface area contributed by atoms with E-state index >= 15 is 0 Å². The third-order valence-electron chi connectivity index (χ3n) is 4.03. The molecule has 0 spiro atoms. The van der Waals surface area contributed by atoms with Gasteiger partial charge in [0.1, 0.15) is 18.2 Å². The number of aromatic nitrogens is 2. The fourth-order valence-corrected chi connectivity index (χ4v) is 2.61. The quantitative estimate of drug-likeness (QED) is 0.498. The Kier molecular flexibility index (Phi) is 4.48. The first kappa shape index (κ1) is 17.7. The second-order valence-electron chi connectivity index (χ2n) is 5.82. The normalized spacial score (nSPS) is 11.0. The van der Waals surface area contributed by atoms with Crippen LogP contribution in [0.25, 0.3) is 10.9 Å². The monoisotopic (exact) mass is 387 g/mol. The summed E-state index contributed by atoms with van der Waals surface area (Å²) in [5.41, 5.74) is 0.0869. The van der Waals surface area contributed by atoms with Crippen LogP contribution in [0.2, 0.25) is 0 Å². The number of benzene rings is 2. The van der Waals surface area contributed by atoms with Crippen LogP contribution in [0.4, 0.5) is 19.0 Å². The molecule has 1 amide bonds. The average Bonchev–Trinajstić information content (AvgIpc) is 3.35. The average molecular weight is 387 g/mol. The van der Waals surface area contributed by atoms with Gasteiger partial charge in [-0.2, -0.15) is 5.10 Å². The Morgan fingerprint density at radius 3 is 2.75 bits per heavy atom. The molecule has 0 saturated carbocycles. The van der Waals surface area contributed by atoms with E-state index in [0.29, 0.717) is 17.0 Å². The van der Waals surface area contributed by atoms with Gasteiger partial charge in [-0.25, -0.2) is 13.2 Å². The lowest BCUT2D eigenvalue weighted by Crippen LogP contribution is -2.11. The minimum absolute atomic E-state index is 0.112. The molecule has 0 unspecified atom stereocenters. The van der Waals surface area contributed by atoms with Crippen molar-refractivity contribution in [1.82, 2.24) is 10.2 Å². The molecule has 6 nitrogen and oxygen atoms in total. The van der Waals surface area contributed by atoms with Crippen LogP contribution in [0.5, 0.6) is 5.75 Å². The predicted molar refractivity (Wildman–Crippen MR) is 93.4 cm³/mol. The number of nitrogens with zero attached hydrogens (tertiary/aromatic N) is 1. The Balaban J connectivity index is 1.56. The Bertz CT molecular complexity index is 1160. The standard InChI is InChI=1S/C19H12F3N3O3/c20-13-4-5-14(21)17(22)12(13)9-28-10-3-6-15-11(8-10)18(25-24-15)23-19(26)16-2-1-7-27-16/h1-8H,9H2,(H2,23,24,25,26). The topological polar surface area (TPSA) is 80.2 Å². The predicted octanol–water partition coefficient (Wildman–Crippen LogP) is 4.40. The molecule has 0 aliphatic carbocycles. The van der Waals surface area contributed by atoms with E-state index in [0.717, 1.165) is 6.07 Å². The van der Waals surface area contributed by atoms with Crippen molar-refractivity contribution in [1.29, 1.82) is 0 Å². The van der Waals surface area contributed by atoms with Crippen molar-refractivity contribution < 1.29 is 27.1 Å². The molecule has 2 aromatic carbocycles. The fourth-order valence-electron chi connectivity index (χ4n) is 2.61. The number of nitrogens with one attached hydrogen (secondary N) is 2. The van der Waals surface area contributed by atoms with Crippen molar-refractivity contribution in [3.8, 4) is 5.75 Å². The number of aromatic amines is 1. The van der Waals surface area contributed by atoms with Crippen LogP contribution in [0, 0.1) is 17.5 Å². The second kappa shape index (κ2) is 7.10. The first-order valence-corrected chi connectivity index (χ1v) is 8.11. The largest absolute Gasteiger partial charge is 0.489 e. The third-order valence-corrected chi connectivity index (χ3v) is 4.03. The van der Waals surface area contributed by atoms with Gasteiger partial charge in [0, 0.05) is 5.39 Å². The smallest absolute Gasteiger partial charge is 0.292 e. The van der Waals surface area contributed by atoms with Crippen molar-refractivity contribution in [2.45, 2.75) is 6.61 Å². The summed E-state index contributed by atoms with van der Waals surface area (Å²) in [5, 5.41) is 9.87. The number of hydrogen-bond donors (Lipinski definition) is 2. The molecule has 4 aromatic rings. The van der Waals surface area contributed by atoms with Gasteiger partial charge in [0.2, 0.25) is 0 Å². The molecule has 142 valence electrons. The molecular weight excluding hydrogens is 375 g/mol. The van der Waals surface area contributed by atoms with Crippen molar-refractivity contribution in [3.05, 3.63) is 77.5 Å². The summed E-state index contributed by atoms with van der Waals surface area (Å²) in [6, 6.07) is 9.32. The van der Waals surface area contributed by atoms with Crippen LogP contribution in [-0.4, -0.2) is 16.1 Å². The molecule has 2 N–H and O–H groups in total. The lowest BCUT2D eigenvalue weighted by Gasteiger charge is -2.09. The Hall–Kier alpha value is -3.75. The van der Waals surface area contributed by atoms with E-state index in [-0.39, 0.29) is 17.3 Å². The Morgan fingerprint density at radius 2 is 1.96 bits per heavy atom. The zero-order valence-corrected chi connectivity index (χ0v) is 14.1. The number of fused-ring (bicyclic) bond motifs is 1. The summed E-state index contributed by atoms with van der Waals surface area (Å²) in [6.45, 7) is -0.507. The van der Waals surface area contributed by atoms with Gasteiger partial charge in [0.05, 0.1) is 17.3 Å². The van der Waals surface area contributed by atoms with E-state index in [1.807, 2.05) is 0 Å². The summed E-state index contributed by atoms with van der Waals surface area (Å²) in [4.78, 5) is 12.1. The van der Waals surface area contributed by atoms with Gasteiger partial charge < -0.3 is 14.5 Å². The highest BCUT2D eigenvalue weighted by Crippen LogP contribution is 2.27. The first-order chi connectivity index (χ1) is 13.5. The molecule has 0 saturated heterocycles. The molecule has 0 aliphatic rings. The van der Waals surface area contributed by atoms with E-state index in [1.54, 1.807) is 18.2 Å². The maximum atomic E-state index is 13.7. The van der Waals surface area contributed by atoms with E-state index < -0.39 is 35.5 Å². The molecule has 0 aliphatic heterocycles. The number of amides is 1. The molecule has 2 heterocycles. The summed E-state index contributed by atoms with van der Waals surface area (Å²) in [6.07, 6.45) is 1.37. The van der Waals surface area contributed by atoms with Crippen molar-refractivity contribution in [2.75, 3.05) is 5.32 Å². The maximum absolute atomic E-state index is 13.7. The van der Waals surface area contributed by atoms with Crippen molar-refractivity contribution in [3.63, 3.8) is 0 Å².